The quantitative estimate of drug-likeness (QED) is 0.350. The summed E-state index contributed by atoms with van der Waals surface area (Å²) < 4.78 is 0. The van der Waals surface area contributed by atoms with Crippen molar-refractivity contribution in [3.63, 3.8) is 0 Å². The number of hydrogen-bond acceptors (Lipinski definition) is 1. The summed E-state index contributed by atoms with van der Waals surface area (Å²) in [5, 5.41) is 8.53. The Balaban J connectivity index is 3.32. The molecule has 0 amide bonds. The molecule has 0 fully saturated rings. The molecule has 1 unspecified atom stereocenters. The molecule has 0 aliphatic rings. The monoisotopic (exact) mass is 268 g/mol. The summed E-state index contributed by atoms with van der Waals surface area (Å²) in [6.07, 6.45) is 17.1. The van der Waals surface area contributed by atoms with Crippen molar-refractivity contribution in [3.8, 4) is 0 Å². The Morgan fingerprint density at radius 2 is 1.74 bits per heavy atom. The molecule has 0 bridgehead atoms. The van der Waals surface area contributed by atoms with Gasteiger partial charge in [0.25, 0.3) is 0 Å². The van der Waals surface area contributed by atoms with Crippen LogP contribution in [0.2, 0.25) is 0 Å². The number of carbonyl (C=O) groups is 1. The van der Waals surface area contributed by atoms with Crippen molar-refractivity contribution in [2.75, 3.05) is 0 Å². The number of aliphatic carboxylic acids is 1. The minimum Gasteiger partial charge on any atom is -0.481 e. The molecule has 0 rings (SSSR count). The van der Waals surface area contributed by atoms with Crippen LogP contribution in [0.15, 0.2) is 12.2 Å². The van der Waals surface area contributed by atoms with Crippen molar-refractivity contribution in [2.24, 2.45) is 5.92 Å². The normalized spacial score (nSPS) is 12.9. The van der Waals surface area contributed by atoms with Gasteiger partial charge in [0.1, 0.15) is 0 Å². The van der Waals surface area contributed by atoms with E-state index in [1.54, 1.807) is 0 Å². The van der Waals surface area contributed by atoms with Gasteiger partial charge in [-0.1, -0.05) is 64.5 Å². The Labute approximate surface area is 119 Å². The van der Waals surface area contributed by atoms with Crippen LogP contribution >= 0.6 is 0 Å². The average Bonchev–Trinajstić information content (AvgIpc) is 2.37. The van der Waals surface area contributed by atoms with Gasteiger partial charge in [-0.05, 0) is 31.6 Å². The number of carboxylic acid groups (broad SMARTS) is 1. The first-order valence-electron chi connectivity index (χ1n) is 8.05. The molecule has 0 aromatic carbocycles. The summed E-state index contributed by atoms with van der Waals surface area (Å²) >= 11 is 0. The fraction of sp³-hybridized carbons (Fsp3) is 0.824. The summed E-state index contributed by atoms with van der Waals surface area (Å²) in [6.45, 7) is 4.50. The van der Waals surface area contributed by atoms with Crippen molar-refractivity contribution in [3.05, 3.63) is 12.2 Å². The van der Waals surface area contributed by atoms with Gasteiger partial charge in [-0.3, -0.25) is 4.79 Å². The van der Waals surface area contributed by atoms with Gasteiger partial charge in [-0.25, -0.2) is 0 Å². The van der Waals surface area contributed by atoms with Gasteiger partial charge in [-0.15, -0.1) is 0 Å². The van der Waals surface area contributed by atoms with Gasteiger partial charge in [0.05, 0.1) is 0 Å². The largest absolute Gasteiger partial charge is 0.481 e. The smallest absolute Gasteiger partial charge is 0.303 e. The topological polar surface area (TPSA) is 37.3 Å². The number of hydrogen-bond donors (Lipinski definition) is 1. The molecular weight excluding hydrogens is 236 g/mol. The van der Waals surface area contributed by atoms with E-state index in [-0.39, 0.29) is 0 Å². The molecule has 0 saturated carbocycles. The van der Waals surface area contributed by atoms with Crippen molar-refractivity contribution >= 4 is 5.97 Å². The lowest BCUT2D eigenvalue weighted by molar-refractivity contribution is -0.137. The Hall–Kier alpha value is -0.790. The molecule has 1 atom stereocenters. The number of unbranched alkanes of at least 4 members (excludes halogenated alkanes) is 7. The van der Waals surface area contributed by atoms with Gasteiger partial charge in [0.15, 0.2) is 0 Å². The Morgan fingerprint density at radius 3 is 2.42 bits per heavy atom. The third-order valence-corrected chi connectivity index (χ3v) is 3.49. The maximum absolute atomic E-state index is 10.4. The highest BCUT2D eigenvalue weighted by Gasteiger charge is 1.99. The molecule has 0 saturated heterocycles. The predicted octanol–water partition coefficient (Wildman–Crippen LogP) is 5.57. The molecule has 0 aliphatic heterocycles. The molecule has 0 heterocycles. The molecule has 2 nitrogen and oxygen atoms in total. The highest BCUT2D eigenvalue weighted by atomic mass is 16.4. The average molecular weight is 268 g/mol. The maximum atomic E-state index is 10.4. The van der Waals surface area contributed by atoms with Crippen molar-refractivity contribution in [1.29, 1.82) is 0 Å². The van der Waals surface area contributed by atoms with E-state index in [9.17, 15) is 4.79 Å². The summed E-state index contributed by atoms with van der Waals surface area (Å²) in [4.78, 5) is 10.4. The molecule has 0 aromatic heterocycles. The second-order valence-corrected chi connectivity index (χ2v) is 5.60. The SMILES string of the molecule is CCCCCCCC=CC(C)CCCCCC(=O)O. The minimum absolute atomic E-state index is 0.321. The van der Waals surface area contributed by atoms with Crippen molar-refractivity contribution < 1.29 is 9.90 Å². The second-order valence-electron chi connectivity index (χ2n) is 5.60. The van der Waals surface area contributed by atoms with E-state index in [1.807, 2.05) is 0 Å². The van der Waals surface area contributed by atoms with E-state index >= 15 is 0 Å². The number of carboxylic acids is 1. The van der Waals surface area contributed by atoms with Crippen LogP contribution in [0, 0.1) is 5.92 Å². The van der Waals surface area contributed by atoms with E-state index in [1.165, 1.54) is 44.9 Å². The Morgan fingerprint density at radius 1 is 1.05 bits per heavy atom. The standard InChI is InChI=1S/C17H32O2/c1-3-4-5-6-7-8-10-13-16(2)14-11-9-12-15-17(18)19/h10,13,16H,3-9,11-12,14-15H2,1-2H3,(H,18,19). The highest BCUT2D eigenvalue weighted by molar-refractivity contribution is 5.66. The lowest BCUT2D eigenvalue weighted by Crippen LogP contribution is -1.95. The maximum Gasteiger partial charge on any atom is 0.303 e. The molecule has 1 N–H and O–H groups in total. The zero-order valence-corrected chi connectivity index (χ0v) is 12.9. The van der Waals surface area contributed by atoms with Crippen LogP contribution in [0.1, 0.15) is 84.5 Å². The van der Waals surface area contributed by atoms with Crippen molar-refractivity contribution in [2.45, 2.75) is 84.5 Å². The lowest BCUT2D eigenvalue weighted by Gasteiger charge is -2.05. The zero-order valence-electron chi connectivity index (χ0n) is 12.9. The highest BCUT2D eigenvalue weighted by Crippen LogP contribution is 2.13. The number of allylic oxidation sites excluding steroid dienone is 2. The fourth-order valence-electron chi connectivity index (χ4n) is 2.21. The first-order valence-corrected chi connectivity index (χ1v) is 8.05. The van der Waals surface area contributed by atoms with Gasteiger partial charge < -0.3 is 5.11 Å². The Bertz CT molecular complexity index is 233. The van der Waals surface area contributed by atoms with Crippen LogP contribution in [0.5, 0.6) is 0 Å². The fourth-order valence-corrected chi connectivity index (χ4v) is 2.21. The van der Waals surface area contributed by atoms with Crippen LogP contribution in [-0.2, 0) is 4.79 Å². The van der Waals surface area contributed by atoms with Gasteiger partial charge in [0.2, 0.25) is 0 Å². The lowest BCUT2D eigenvalue weighted by atomic mass is 10.0. The molecule has 112 valence electrons. The summed E-state index contributed by atoms with van der Waals surface area (Å²) in [6, 6.07) is 0. The molecule has 0 aromatic rings. The molecule has 0 aliphatic carbocycles. The van der Waals surface area contributed by atoms with E-state index in [4.69, 9.17) is 5.11 Å². The second kappa shape index (κ2) is 13.6. The van der Waals surface area contributed by atoms with E-state index in [0.29, 0.717) is 12.3 Å². The third-order valence-electron chi connectivity index (χ3n) is 3.49. The third kappa shape index (κ3) is 15.2. The minimum atomic E-state index is -0.670. The van der Waals surface area contributed by atoms with Gasteiger partial charge in [0, 0.05) is 6.42 Å². The van der Waals surface area contributed by atoms with Crippen LogP contribution in [-0.4, -0.2) is 11.1 Å². The summed E-state index contributed by atoms with van der Waals surface area (Å²) in [7, 11) is 0. The van der Waals surface area contributed by atoms with Crippen LogP contribution in [0.4, 0.5) is 0 Å². The van der Waals surface area contributed by atoms with Crippen LogP contribution < -0.4 is 0 Å². The molecule has 0 radical (unpaired) electrons. The van der Waals surface area contributed by atoms with E-state index in [0.717, 1.165) is 19.3 Å². The van der Waals surface area contributed by atoms with E-state index < -0.39 is 5.97 Å². The van der Waals surface area contributed by atoms with Crippen LogP contribution in [0.25, 0.3) is 0 Å². The molecule has 19 heavy (non-hydrogen) atoms. The first-order chi connectivity index (χ1) is 9.16. The van der Waals surface area contributed by atoms with Gasteiger partial charge in [-0.2, -0.15) is 0 Å². The molecule has 2 heteroatoms. The Kier molecular flexibility index (Phi) is 13.1. The summed E-state index contributed by atoms with van der Waals surface area (Å²) in [5.41, 5.74) is 0. The zero-order chi connectivity index (χ0) is 14.3. The predicted molar refractivity (Wildman–Crippen MR) is 82.4 cm³/mol. The first kappa shape index (κ1) is 18.2. The number of rotatable bonds is 13. The van der Waals surface area contributed by atoms with Gasteiger partial charge >= 0.3 is 5.97 Å². The van der Waals surface area contributed by atoms with Crippen LogP contribution in [0.3, 0.4) is 0 Å². The summed E-state index contributed by atoms with van der Waals surface area (Å²) in [5.74, 6) is -0.0310. The molecule has 0 spiro atoms. The van der Waals surface area contributed by atoms with Crippen molar-refractivity contribution in [1.82, 2.24) is 0 Å². The molecular formula is C17H32O2. The van der Waals surface area contributed by atoms with E-state index in [2.05, 4.69) is 26.0 Å².